The largest absolute Gasteiger partial charge is 0.453 e. The fourth-order valence-corrected chi connectivity index (χ4v) is 7.31. The molecule has 3 heterocycles. The fourth-order valence-electron chi connectivity index (χ4n) is 7.31. The van der Waals surface area contributed by atoms with Gasteiger partial charge in [-0.1, -0.05) is 89.6 Å². The normalized spacial score (nSPS) is 20.1. The Bertz CT molecular complexity index is 1810. The first-order valence-electron chi connectivity index (χ1n) is 18.3. The van der Waals surface area contributed by atoms with Crippen LogP contribution in [0, 0.1) is 17.8 Å². The monoisotopic (exact) mass is 693 g/mol. The Morgan fingerprint density at radius 1 is 0.765 bits per heavy atom. The molecule has 2 aromatic carbocycles. The summed E-state index contributed by atoms with van der Waals surface area (Å²) in [5.41, 5.74) is 5.96. The van der Waals surface area contributed by atoms with Crippen LogP contribution in [0.4, 0.5) is 4.79 Å². The summed E-state index contributed by atoms with van der Waals surface area (Å²) in [6, 6.07) is 16.0. The lowest BCUT2D eigenvalue weighted by atomic mass is 9.96. The number of carbonyl (C=O) groups excluding carboxylic acids is 3. The Labute approximate surface area is 300 Å². The molecule has 51 heavy (non-hydrogen) atoms. The van der Waals surface area contributed by atoms with Crippen molar-refractivity contribution in [1.82, 2.24) is 35.5 Å². The Morgan fingerprint density at radius 2 is 1.33 bits per heavy atom. The van der Waals surface area contributed by atoms with Crippen molar-refractivity contribution in [1.29, 1.82) is 0 Å². The SMILES string of the molecule is COC(=O)N[C@H](C(=O)N[C@@H]1CCC[C@H]1c1nc(-c2ccc(-c3ccc(-c4c[nH]c([C@@H]5CCCN5C(=O)[C@@H](C)C(C)C)n4)cc3)cc2)c[nH]1)C(C)C. The minimum Gasteiger partial charge on any atom is -0.453 e. The van der Waals surface area contributed by atoms with Gasteiger partial charge in [-0.15, -0.1) is 0 Å². The Balaban J connectivity index is 1.09. The Hall–Kier alpha value is -4.93. The summed E-state index contributed by atoms with van der Waals surface area (Å²) in [5, 5.41) is 5.82. The van der Waals surface area contributed by atoms with Gasteiger partial charge in [-0.2, -0.15) is 0 Å². The third-order valence-corrected chi connectivity index (χ3v) is 10.7. The van der Waals surface area contributed by atoms with Crippen molar-refractivity contribution < 1.29 is 19.1 Å². The van der Waals surface area contributed by atoms with Crippen LogP contribution in [0.3, 0.4) is 0 Å². The second kappa shape index (κ2) is 15.5. The van der Waals surface area contributed by atoms with E-state index in [-0.39, 0.29) is 41.7 Å². The number of amides is 3. The van der Waals surface area contributed by atoms with Gasteiger partial charge >= 0.3 is 6.09 Å². The van der Waals surface area contributed by atoms with Gasteiger partial charge in [-0.3, -0.25) is 9.59 Å². The zero-order valence-corrected chi connectivity index (χ0v) is 30.5. The Morgan fingerprint density at radius 3 is 1.90 bits per heavy atom. The third-order valence-electron chi connectivity index (χ3n) is 10.7. The van der Waals surface area contributed by atoms with E-state index in [4.69, 9.17) is 14.7 Å². The number of rotatable bonds is 11. The average Bonchev–Trinajstić information content (AvgIpc) is 3.97. The molecule has 4 N–H and O–H groups in total. The van der Waals surface area contributed by atoms with Gasteiger partial charge in [0.05, 0.1) is 24.5 Å². The zero-order valence-electron chi connectivity index (χ0n) is 30.5. The molecule has 11 heteroatoms. The van der Waals surface area contributed by atoms with Gasteiger partial charge in [0, 0.05) is 47.9 Å². The van der Waals surface area contributed by atoms with Crippen molar-refractivity contribution in [2.24, 2.45) is 17.8 Å². The first-order valence-corrected chi connectivity index (χ1v) is 18.3. The number of methoxy groups -OCH3 is 1. The summed E-state index contributed by atoms with van der Waals surface area (Å²) >= 11 is 0. The number of hydrogen-bond acceptors (Lipinski definition) is 6. The minimum absolute atomic E-state index is 0.00406. The van der Waals surface area contributed by atoms with Gasteiger partial charge in [-0.05, 0) is 48.6 Å². The predicted octanol–water partition coefficient (Wildman–Crippen LogP) is 7.22. The van der Waals surface area contributed by atoms with E-state index in [1.54, 1.807) is 0 Å². The molecule has 6 rings (SSSR count). The van der Waals surface area contributed by atoms with E-state index in [2.05, 4.69) is 83.0 Å². The van der Waals surface area contributed by atoms with Gasteiger partial charge in [-0.25, -0.2) is 14.8 Å². The van der Waals surface area contributed by atoms with Crippen LogP contribution in [0.5, 0.6) is 0 Å². The van der Waals surface area contributed by atoms with E-state index in [1.165, 1.54) is 7.11 Å². The smallest absolute Gasteiger partial charge is 0.407 e. The van der Waals surface area contributed by atoms with Crippen LogP contribution in [-0.4, -0.2) is 68.5 Å². The molecule has 2 aromatic heterocycles. The lowest BCUT2D eigenvalue weighted by Crippen LogP contribution is -2.52. The van der Waals surface area contributed by atoms with Crippen molar-refractivity contribution in [2.75, 3.05) is 13.7 Å². The molecule has 2 aliphatic rings. The predicted molar refractivity (Wildman–Crippen MR) is 197 cm³/mol. The molecule has 1 saturated carbocycles. The molecule has 1 saturated heterocycles. The third kappa shape index (κ3) is 7.87. The van der Waals surface area contributed by atoms with Crippen molar-refractivity contribution in [2.45, 2.75) is 90.8 Å². The number of hydrogen-bond donors (Lipinski definition) is 4. The zero-order chi connectivity index (χ0) is 36.2. The van der Waals surface area contributed by atoms with E-state index in [9.17, 15) is 14.4 Å². The maximum absolute atomic E-state index is 13.1. The number of alkyl carbamates (subject to hydrolysis) is 1. The molecule has 270 valence electrons. The number of imidazole rings is 2. The van der Waals surface area contributed by atoms with Gasteiger partial charge in [0.25, 0.3) is 0 Å². The maximum atomic E-state index is 13.1. The van der Waals surface area contributed by atoms with E-state index in [0.29, 0.717) is 5.92 Å². The highest BCUT2D eigenvalue weighted by atomic mass is 16.5. The van der Waals surface area contributed by atoms with Crippen LogP contribution < -0.4 is 10.6 Å². The fraction of sp³-hybridized carbons (Fsp3) is 0.475. The quantitative estimate of drug-likeness (QED) is 0.131. The van der Waals surface area contributed by atoms with Gasteiger partial charge in [0.15, 0.2) is 0 Å². The molecular formula is C40H51N7O4. The molecule has 0 bridgehead atoms. The molecule has 11 nitrogen and oxygen atoms in total. The highest BCUT2D eigenvalue weighted by Crippen LogP contribution is 2.36. The van der Waals surface area contributed by atoms with Gasteiger partial charge in [0.2, 0.25) is 11.8 Å². The number of nitrogens with one attached hydrogen (secondary N) is 4. The first-order chi connectivity index (χ1) is 24.5. The molecule has 3 amide bonds. The van der Waals surface area contributed by atoms with E-state index >= 15 is 0 Å². The number of aromatic nitrogens is 4. The molecular weight excluding hydrogens is 642 g/mol. The summed E-state index contributed by atoms with van der Waals surface area (Å²) < 4.78 is 4.72. The summed E-state index contributed by atoms with van der Waals surface area (Å²) in [6.07, 6.45) is 7.91. The van der Waals surface area contributed by atoms with Gasteiger partial charge < -0.3 is 30.2 Å². The summed E-state index contributed by atoms with van der Waals surface area (Å²) in [6.45, 7) is 10.8. The first kappa shape index (κ1) is 35.9. The highest BCUT2D eigenvalue weighted by Gasteiger charge is 2.36. The molecule has 2 fully saturated rings. The van der Waals surface area contributed by atoms with E-state index in [1.807, 2.05) is 38.1 Å². The lowest BCUT2D eigenvalue weighted by Gasteiger charge is -2.27. The summed E-state index contributed by atoms with van der Waals surface area (Å²) in [5.74, 6) is 1.98. The maximum Gasteiger partial charge on any atom is 0.407 e. The van der Waals surface area contributed by atoms with Crippen molar-refractivity contribution in [3.8, 4) is 33.6 Å². The molecule has 1 aliphatic heterocycles. The number of aromatic amines is 2. The summed E-state index contributed by atoms with van der Waals surface area (Å²) in [4.78, 5) is 56.7. The number of H-pyrrole nitrogens is 2. The van der Waals surface area contributed by atoms with E-state index in [0.717, 1.165) is 83.9 Å². The van der Waals surface area contributed by atoms with Crippen LogP contribution in [-0.2, 0) is 14.3 Å². The van der Waals surface area contributed by atoms with Crippen LogP contribution in [0.2, 0.25) is 0 Å². The van der Waals surface area contributed by atoms with Crippen molar-refractivity contribution >= 4 is 17.9 Å². The van der Waals surface area contributed by atoms with Crippen molar-refractivity contribution in [3.05, 3.63) is 72.6 Å². The molecule has 0 radical (unpaired) electrons. The van der Waals surface area contributed by atoms with Crippen LogP contribution in [0.1, 0.15) is 90.3 Å². The highest BCUT2D eigenvalue weighted by molar-refractivity contribution is 5.86. The number of nitrogens with zero attached hydrogens (tertiary/aromatic N) is 3. The van der Waals surface area contributed by atoms with Crippen LogP contribution >= 0.6 is 0 Å². The van der Waals surface area contributed by atoms with Gasteiger partial charge in [0.1, 0.15) is 17.7 Å². The number of carbonyl (C=O) groups is 3. The molecule has 4 aromatic rings. The van der Waals surface area contributed by atoms with Crippen LogP contribution in [0.15, 0.2) is 60.9 Å². The molecule has 5 atom stereocenters. The molecule has 1 aliphatic carbocycles. The topological polar surface area (TPSA) is 145 Å². The average molecular weight is 694 g/mol. The molecule has 0 unspecified atom stereocenters. The number of benzene rings is 2. The minimum atomic E-state index is -0.678. The molecule has 0 spiro atoms. The summed E-state index contributed by atoms with van der Waals surface area (Å²) in [7, 11) is 1.29. The second-order valence-electron chi connectivity index (χ2n) is 14.7. The standard InChI is InChI=1S/C40H51N7O4/c1-23(2)25(5)39(49)47-20-8-11-34(47)37-42-22-33(44-37)29-18-14-27(15-19-29)26-12-16-28(17-13-26)32-21-41-36(43-32)30-9-7-10-31(30)45-38(48)35(24(3)4)46-40(50)51-6/h12-19,21-25,30-31,34-35H,7-11,20H2,1-6H3,(H,41,43)(H,42,44)(H,45,48)(H,46,50)/t25-,30+,31+,34-,35-/m0/s1. The van der Waals surface area contributed by atoms with E-state index < -0.39 is 12.1 Å². The van der Waals surface area contributed by atoms with Crippen molar-refractivity contribution in [3.63, 3.8) is 0 Å². The number of ether oxygens (including phenoxy) is 1. The lowest BCUT2D eigenvalue weighted by molar-refractivity contribution is -0.137. The second-order valence-corrected chi connectivity index (χ2v) is 14.7. The number of likely N-dealkylation sites (tertiary alicyclic amines) is 1. The Kier molecular flexibility index (Phi) is 10.9. The van der Waals surface area contributed by atoms with Crippen LogP contribution in [0.25, 0.3) is 33.6 Å².